The van der Waals surface area contributed by atoms with Gasteiger partial charge in [-0.2, -0.15) is 8.75 Å². The van der Waals surface area contributed by atoms with Crippen LogP contribution in [0.1, 0.15) is 0 Å². The molecule has 1 heterocycles. The maximum absolute atomic E-state index is 6.23. The van der Waals surface area contributed by atoms with E-state index >= 15 is 0 Å². The van der Waals surface area contributed by atoms with Gasteiger partial charge in [0.1, 0.15) is 16.8 Å². The van der Waals surface area contributed by atoms with E-state index in [0.29, 0.717) is 16.5 Å². The summed E-state index contributed by atoms with van der Waals surface area (Å²) in [6, 6.07) is 9.07. The third-order valence-electron chi connectivity index (χ3n) is 2.88. The number of hydrogen-bond acceptors (Lipinski definition) is 6. The molecule has 0 amide bonds. The topological polar surface area (TPSA) is 73.1 Å². The zero-order valence-electron chi connectivity index (χ0n) is 10.6. The highest BCUT2D eigenvalue weighted by Crippen LogP contribution is 2.34. The van der Waals surface area contributed by atoms with E-state index in [1.165, 1.54) is 0 Å². The molecular formula is C13H11ClN4OS. The van der Waals surface area contributed by atoms with Gasteiger partial charge in [0.15, 0.2) is 0 Å². The molecule has 0 radical (unpaired) electrons. The first kappa shape index (κ1) is 13.0. The zero-order valence-corrected chi connectivity index (χ0v) is 12.1. The molecule has 2 aromatic carbocycles. The van der Waals surface area contributed by atoms with Crippen LogP contribution in [0.3, 0.4) is 0 Å². The van der Waals surface area contributed by atoms with Crippen LogP contribution >= 0.6 is 23.3 Å². The van der Waals surface area contributed by atoms with Gasteiger partial charge in [-0.25, -0.2) is 0 Å². The summed E-state index contributed by atoms with van der Waals surface area (Å²) >= 11 is 7.39. The second-order valence-electron chi connectivity index (χ2n) is 4.14. The monoisotopic (exact) mass is 306 g/mol. The van der Waals surface area contributed by atoms with Gasteiger partial charge in [0.25, 0.3) is 0 Å². The first-order valence-corrected chi connectivity index (χ1v) is 6.91. The minimum Gasteiger partial charge on any atom is -0.495 e. The summed E-state index contributed by atoms with van der Waals surface area (Å²) in [4.78, 5) is 0. The Hall–Kier alpha value is -2.05. The average molecular weight is 307 g/mol. The van der Waals surface area contributed by atoms with E-state index in [0.717, 1.165) is 34.1 Å². The number of methoxy groups -OCH3 is 1. The van der Waals surface area contributed by atoms with Crippen molar-refractivity contribution in [2.75, 3.05) is 18.2 Å². The summed E-state index contributed by atoms with van der Waals surface area (Å²) in [5, 5.41) is 3.82. The molecule has 3 N–H and O–H groups in total. The van der Waals surface area contributed by atoms with Crippen LogP contribution in [-0.4, -0.2) is 15.9 Å². The van der Waals surface area contributed by atoms with Crippen molar-refractivity contribution < 1.29 is 4.74 Å². The Morgan fingerprint density at radius 1 is 1.25 bits per heavy atom. The van der Waals surface area contributed by atoms with Gasteiger partial charge in [0, 0.05) is 11.8 Å². The number of rotatable bonds is 3. The van der Waals surface area contributed by atoms with Gasteiger partial charge in [-0.05, 0) is 24.3 Å². The number of ether oxygens (including phenoxy) is 1. The van der Waals surface area contributed by atoms with Crippen LogP contribution < -0.4 is 15.8 Å². The summed E-state index contributed by atoms with van der Waals surface area (Å²) in [7, 11) is 1.58. The SMILES string of the molecule is COc1cc(Nc2c(Cl)ccc3nsnc23)ccc1N. The predicted octanol–water partition coefficient (Wildman–Crippen LogP) is 3.68. The Balaban J connectivity index is 2.05. The van der Waals surface area contributed by atoms with Crippen LogP contribution in [0.2, 0.25) is 5.02 Å². The maximum Gasteiger partial charge on any atom is 0.143 e. The Bertz CT molecular complexity index is 774. The Morgan fingerprint density at radius 3 is 2.90 bits per heavy atom. The Labute approximate surface area is 124 Å². The van der Waals surface area contributed by atoms with Crippen LogP contribution in [0.25, 0.3) is 11.0 Å². The van der Waals surface area contributed by atoms with Crippen molar-refractivity contribution in [2.24, 2.45) is 0 Å². The van der Waals surface area contributed by atoms with E-state index in [4.69, 9.17) is 22.1 Å². The third-order valence-corrected chi connectivity index (χ3v) is 3.74. The van der Waals surface area contributed by atoms with Crippen LogP contribution in [-0.2, 0) is 0 Å². The van der Waals surface area contributed by atoms with E-state index in [9.17, 15) is 0 Å². The van der Waals surface area contributed by atoms with Gasteiger partial charge in [-0.15, -0.1) is 0 Å². The summed E-state index contributed by atoms with van der Waals surface area (Å²) in [5.41, 5.74) is 9.48. The first-order valence-electron chi connectivity index (χ1n) is 5.80. The molecule has 0 aliphatic heterocycles. The fraction of sp³-hybridized carbons (Fsp3) is 0.0769. The lowest BCUT2D eigenvalue weighted by molar-refractivity contribution is 0.417. The summed E-state index contributed by atoms with van der Waals surface area (Å²) in [5.74, 6) is 0.606. The van der Waals surface area contributed by atoms with Gasteiger partial charge >= 0.3 is 0 Å². The molecule has 0 bridgehead atoms. The van der Waals surface area contributed by atoms with Crippen LogP contribution in [0.5, 0.6) is 5.75 Å². The van der Waals surface area contributed by atoms with Crippen molar-refractivity contribution in [1.82, 2.24) is 8.75 Å². The quantitative estimate of drug-likeness (QED) is 0.722. The molecule has 0 atom stereocenters. The van der Waals surface area contributed by atoms with E-state index in [1.54, 1.807) is 19.2 Å². The van der Waals surface area contributed by atoms with E-state index in [2.05, 4.69) is 14.1 Å². The number of fused-ring (bicyclic) bond motifs is 1. The fourth-order valence-electron chi connectivity index (χ4n) is 1.88. The van der Waals surface area contributed by atoms with Gasteiger partial charge < -0.3 is 15.8 Å². The van der Waals surface area contributed by atoms with Crippen LogP contribution in [0.15, 0.2) is 30.3 Å². The normalized spacial score (nSPS) is 10.7. The summed E-state index contributed by atoms with van der Waals surface area (Å²) < 4.78 is 13.7. The van der Waals surface area contributed by atoms with Crippen molar-refractivity contribution in [1.29, 1.82) is 0 Å². The van der Waals surface area contributed by atoms with Crippen LogP contribution in [0, 0.1) is 0 Å². The average Bonchev–Trinajstić information content (AvgIpc) is 2.92. The molecule has 0 spiro atoms. The molecule has 0 saturated carbocycles. The molecule has 7 heteroatoms. The van der Waals surface area contributed by atoms with Crippen molar-refractivity contribution in [3.63, 3.8) is 0 Å². The Morgan fingerprint density at radius 2 is 2.10 bits per heavy atom. The first-order chi connectivity index (χ1) is 9.69. The van der Waals surface area contributed by atoms with Gasteiger partial charge in [0.2, 0.25) is 0 Å². The number of halogens is 1. The smallest absolute Gasteiger partial charge is 0.143 e. The zero-order chi connectivity index (χ0) is 14.1. The fourth-order valence-corrected chi connectivity index (χ4v) is 2.62. The summed E-state index contributed by atoms with van der Waals surface area (Å²) in [6.45, 7) is 0. The number of benzene rings is 2. The number of nitrogen functional groups attached to an aromatic ring is 1. The molecule has 3 aromatic rings. The van der Waals surface area contributed by atoms with E-state index in [-0.39, 0.29) is 0 Å². The molecule has 3 rings (SSSR count). The van der Waals surface area contributed by atoms with Gasteiger partial charge in [0.05, 0.1) is 35.2 Å². The highest BCUT2D eigenvalue weighted by Gasteiger charge is 2.11. The number of nitrogens with zero attached hydrogens (tertiary/aromatic N) is 2. The highest BCUT2D eigenvalue weighted by atomic mass is 35.5. The second-order valence-corrected chi connectivity index (χ2v) is 5.07. The molecule has 20 heavy (non-hydrogen) atoms. The lowest BCUT2D eigenvalue weighted by Gasteiger charge is -2.11. The number of anilines is 3. The maximum atomic E-state index is 6.23. The molecule has 5 nitrogen and oxygen atoms in total. The molecule has 0 saturated heterocycles. The molecule has 0 unspecified atom stereocenters. The number of nitrogens with one attached hydrogen (secondary N) is 1. The van der Waals surface area contributed by atoms with E-state index < -0.39 is 0 Å². The standard InChI is InChI=1S/C13H11ClN4OS/c1-19-11-6-7(2-4-9(11)15)16-12-8(14)3-5-10-13(12)18-20-17-10/h2-6,16H,15H2,1H3. The minimum absolute atomic E-state index is 0.581. The largest absolute Gasteiger partial charge is 0.495 e. The molecule has 0 fully saturated rings. The molecular weight excluding hydrogens is 296 g/mol. The van der Waals surface area contributed by atoms with E-state index in [1.807, 2.05) is 18.2 Å². The third kappa shape index (κ3) is 2.23. The van der Waals surface area contributed by atoms with Crippen LogP contribution in [0.4, 0.5) is 17.1 Å². The van der Waals surface area contributed by atoms with Crippen molar-refractivity contribution >= 4 is 51.4 Å². The van der Waals surface area contributed by atoms with Crippen molar-refractivity contribution in [3.05, 3.63) is 35.4 Å². The number of nitrogens with two attached hydrogens (primary N) is 1. The minimum atomic E-state index is 0.581. The molecule has 1 aromatic heterocycles. The highest BCUT2D eigenvalue weighted by molar-refractivity contribution is 7.00. The molecule has 0 aliphatic carbocycles. The summed E-state index contributed by atoms with van der Waals surface area (Å²) in [6.07, 6.45) is 0. The molecule has 0 aliphatic rings. The van der Waals surface area contributed by atoms with Gasteiger partial charge in [-0.3, -0.25) is 0 Å². The second kappa shape index (κ2) is 5.15. The lowest BCUT2D eigenvalue weighted by atomic mass is 10.2. The Kier molecular flexibility index (Phi) is 3.33. The number of aromatic nitrogens is 2. The van der Waals surface area contributed by atoms with Gasteiger partial charge in [-0.1, -0.05) is 11.6 Å². The number of hydrogen-bond donors (Lipinski definition) is 2. The lowest BCUT2D eigenvalue weighted by Crippen LogP contribution is -1.96. The predicted molar refractivity (Wildman–Crippen MR) is 83.1 cm³/mol. The molecule has 102 valence electrons. The van der Waals surface area contributed by atoms with Crippen molar-refractivity contribution in [3.8, 4) is 5.75 Å². The van der Waals surface area contributed by atoms with Crippen molar-refractivity contribution in [2.45, 2.75) is 0 Å².